The van der Waals surface area contributed by atoms with Crippen LogP contribution < -0.4 is 10.1 Å². The fraction of sp³-hybridized carbons (Fsp3) is 0.111. The van der Waals surface area contributed by atoms with E-state index in [9.17, 15) is 9.59 Å². The van der Waals surface area contributed by atoms with Crippen LogP contribution in [0.25, 0.3) is 6.08 Å². The minimum Gasteiger partial charge on any atom is -0.494 e. The third kappa shape index (κ3) is 3.70. The molecule has 0 aromatic heterocycles. The summed E-state index contributed by atoms with van der Waals surface area (Å²) in [6, 6.07) is 12.3. The van der Waals surface area contributed by atoms with Crippen LogP contribution in [0.5, 0.6) is 5.75 Å². The normalized spacial score (nSPS) is 15.6. The average Bonchev–Trinajstić information content (AvgIpc) is 2.83. The van der Waals surface area contributed by atoms with Crippen molar-refractivity contribution in [2.45, 2.75) is 6.54 Å². The fourth-order valence-electron chi connectivity index (χ4n) is 2.51. The first-order chi connectivity index (χ1) is 12.0. The molecule has 1 aliphatic rings. The lowest BCUT2D eigenvalue weighted by atomic mass is 10.1. The second-order valence-corrected chi connectivity index (χ2v) is 6.64. The summed E-state index contributed by atoms with van der Waals surface area (Å²) in [4.78, 5) is 25.8. The van der Waals surface area contributed by atoms with E-state index in [2.05, 4.69) is 21.2 Å². The molecule has 1 aliphatic heterocycles. The Morgan fingerprint density at radius 3 is 2.60 bits per heavy atom. The Bertz CT molecular complexity index is 845. The number of nitrogens with one attached hydrogen (secondary N) is 1. The highest BCUT2D eigenvalue weighted by Crippen LogP contribution is 2.34. The van der Waals surface area contributed by atoms with Crippen molar-refractivity contribution in [3.8, 4) is 5.75 Å². The van der Waals surface area contributed by atoms with Crippen LogP contribution in [0.15, 0.2) is 52.6 Å². The van der Waals surface area contributed by atoms with Gasteiger partial charge in [-0.25, -0.2) is 4.79 Å². The summed E-state index contributed by atoms with van der Waals surface area (Å²) >= 11 is 9.52. The first-order valence-corrected chi connectivity index (χ1v) is 8.58. The molecule has 0 saturated carbocycles. The van der Waals surface area contributed by atoms with E-state index in [0.717, 1.165) is 5.56 Å². The number of rotatable bonds is 4. The first kappa shape index (κ1) is 17.5. The van der Waals surface area contributed by atoms with Crippen molar-refractivity contribution >= 4 is 45.5 Å². The smallest absolute Gasteiger partial charge is 0.329 e. The van der Waals surface area contributed by atoms with Gasteiger partial charge in [-0.05, 0) is 45.3 Å². The molecule has 128 valence electrons. The van der Waals surface area contributed by atoms with Gasteiger partial charge in [0.2, 0.25) is 0 Å². The fourth-order valence-corrected chi connectivity index (χ4v) is 3.56. The Labute approximate surface area is 158 Å². The molecular formula is C18H14BrClN2O3. The lowest BCUT2D eigenvalue weighted by Crippen LogP contribution is -2.30. The summed E-state index contributed by atoms with van der Waals surface area (Å²) < 4.78 is 5.84. The lowest BCUT2D eigenvalue weighted by Gasteiger charge is -2.11. The zero-order valence-corrected chi connectivity index (χ0v) is 15.6. The highest BCUT2D eigenvalue weighted by atomic mass is 79.9. The van der Waals surface area contributed by atoms with Crippen molar-refractivity contribution in [1.29, 1.82) is 0 Å². The summed E-state index contributed by atoms with van der Waals surface area (Å²) in [5.74, 6) is 0.133. The molecule has 5 nitrogen and oxygen atoms in total. The van der Waals surface area contributed by atoms with Crippen molar-refractivity contribution < 1.29 is 14.3 Å². The molecule has 0 aliphatic carbocycles. The number of carbonyl (C=O) groups excluding carboxylic acids is 2. The molecule has 0 radical (unpaired) electrons. The maximum atomic E-state index is 12.5. The minimum absolute atomic E-state index is 0.203. The maximum absolute atomic E-state index is 12.5. The predicted molar refractivity (Wildman–Crippen MR) is 99.2 cm³/mol. The van der Waals surface area contributed by atoms with Crippen LogP contribution >= 0.6 is 27.5 Å². The summed E-state index contributed by atoms with van der Waals surface area (Å²) in [6.45, 7) is 0.218. The third-order valence-corrected chi connectivity index (χ3v) is 4.55. The average molecular weight is 422 g/mol. The van der Waals surface area contributed by atoms with E-state index in [1.807, 2.05) is 30.3 Å². The number of amides is 3. The molecule has 1 N–H and O–H groups in total. The molecule has 0 spiro atoms. The Balaban J connectivity index is 1.85. The molecule has 3 amide bonds. The Kier molecular flexibility index (Phi) is 5.11. The number of carbonyl (C=O) groups is 2. The summed E-state index contributed by atoms with van der Waals surface area (Å²) in [7, 11) is 1.52. The van der Waals surface area contributed by atoms with Crippen molar-refractivity contribution in [3.05, 3.63) is 68.8 Å². The molecule has 7 heteroatoms. The summed E-state index contributed by atoms with van der Waals surface area (Å²) in [6.07, 6.45) is 1.58. The summed E-state index contributed by atoms with van der Waals surface area (Å²) in [5, 5.41) is 3.00. The van der Waals surface area contributed by atoms with Gasteiger partial charge in [-0.2, -0.15) is 0 Å². The van der Waals surface area contributed by atoms with E-state index < -0.39 is 6.03 Å². The number of halogens is 2. The van der Waals surface area contributed by atoms with Crippen LogP contribution in [0.2, 0.25) is 5.02 Å². The SMILES string of the molecule is COc1c(Cl)cc(/C=C2/NC(=O)N(Cc3ccccc3)C2=O)cc1Br. The number of imide groups is 1. The van der Waals surface area contributed by atoms with Crippen LogP contribution in [-0.4, -0.2) is 23.9 Å². The number of benzene rings is 2. The molecule has 2 aromatic rings. The zero-order chi connectivity index (χ0) is 18.0. The number of hydrogen-bond acceptors (Lipinski definition) is 3. The van der Waals surface area contributed by atoms with Gasteiger partial charge in [0.05, 0.1) is 23.1 Å². The maximum Gasteiger partial charge on any atom is 0.329 e. The lowest BCUT2D eigenvalue weighted by molar-refractivity contribution is -0.123. The van der Waals surface area contributed by atoms with Gasteiger partial charge in [-0.1, -0.05) is 41.9 Å². The van der Waals surface area contributed by atoms with E-state index in [0.29, 0.717) is 20.8 Å². The number of ether oxygens (including phenoxy) is 1. The quantitative estimate of drug-likeness (QED) is 0.594. The summed E-state index contributed by atoms with van der Waals surface area (Å²) in [5.41, 5.74) is 1.75. The molecule has 1 heterocycles. The minimum atomic E-state index is -0.446. The van der Waals surface area contributed by atoms with Gasteiger partial charge < -0.3 is 10.1 Å². The van der Waals surface area contributed by atoms with Gasteiger partial charge >= 0.3 is 6.03 Å². The third-order valence-electron chi connectivity index (χ3n) is 3.68. The molecular weight excluding hydrogens is 408 g/mol. The molecule has 0 unspecified atom stereocenters. The molecule has 3 rings (SSSR count). The van der Waals surface area contributed by atoms with Crippen LogP contribution in [0.4, 0.5) is 4.79 Å². The van der Waals surface area contributed by atoms with Crippen molar-refractivity contribution in [2.75, 3.05) is 7.11 Å². The van der Waals surface area contributed by atoms with Gasteiger partial charge in [-0.3, -0.25) is 9.69 Å². The van der Waals surface area contributed by atoms with Gasteiger partial charge in [-0.15, -0.1) is 0 Å². The molecule has 0 atom stereocenters. The van der Waals surface area contributed by atoms with E-state index in [-0.39, 0.29) is 18.1 Å². The van der Waals surface area contributed by atoms with E-state index in [1.165, 1.54) is 12.0 Å². The zero-order valence-electron chi connectivity index (χ0n) is 13.3. The van der Waals surface area contributed by atoms with Crippen molar-refractivity contribution in [1.82, 2.24) is 10.2 Å². The van der Waals surface area contributed by atoms with Gasteiger partial charge in [0.1, 0.15) is 5.70 Å². The van der Waals surface area contributed by atoms with Crippen LogP contribution in [0.1, 0.15) is 11.1 Å². The van der Waals surface area contributed by atoms with E-state index in [1.54, 1.807) is 18.2 Å². The predicted octanol–water partition coefficient (Wildman–Crippen LogP) is 4.20. The Hall–Kier alpha value is -2.31. The molecule has 1 fully saturated rings. The van der Waals surface area contributed by atoms with E-state index in [4.69, 9.17) is 16.3 Å². The van der Waals surface area contributed by atoms with E-state index >= 15 is 0 Å². The Morgan fingerprint density at radius 1 is 1.24 bits per heavy atom. The number of urea groups is 1. The van der Waals surface area contributed by atoms with Crippen molar-refractivity contribution in [2.24, 2.45) is 0 Å². The standard InChI is InChI=1S/C18H14BrClN2O3/c1-25-16-13(19)7-12(8-14(16)20)9-15-17(23)22(18(24)21-15)10-11-5-3-2-4-6-11/h2-9H,10H2,1H3,(H,21,24)/b15-9+. The topological polar surface area (TPSA) is 58.6 Å². The van der Waals surface area contributed by atoms with Crippen LogP contribution in [0.3, 0.4) is 0 Å². The second kappa shape index (κ2) is 7.29. The Morgan fingerprint density at radius 2 is 1.96 bits per heavy atom. The van der Waals surface area contributed by atoms with Crippen molar-refractivity contribution in [3.63, 3.8) is 0 Å². The second-order valence-electron chi connectivity index (χ2n) is 5.38. The molecule has 25 heavy (non-hydrogen) atoms. The molecule has 2 aromatic carbocycles. The molecule has 1 saturated heterocycles. The largest absolute Gasteiger partial charge is 0.494 e. The van der Waals surface area contributed by atoms with Crippen LogP contribution in [0, 0.1) is 0 Å². The first-order valence-electron chi connectivity index (χ1n) is 7.41. The number of hydrogen-bond donors (Lipinski definition) is 1. The highest BCUT2D eigenvalue weighted by Gasteiger charge is 2.33. The van der Waals surface area contributed by atoms with Crippen LogP contribution in [-0.2, 0) is 11.3 Å². The monoisotopic (exact) mass is 420 g/mol. The van der Waals surface area contributed by atoms with Gasteiger partial charge in [0.25, 0.3) is 5.91 Å². The molecule has 0 bridgehead atoms. The number of methoxy groups -OCH3 is 1. The highest BCUT2D eigenvalue weighted by molar-refractivity contribution is 9.10. The van der Waals surface area contributed by atoms with Gasteiger partial charge in [0.15, 0.2) is 5.75 Å². The van der Waals surface area contributed by atoms with Gasteiger partial charge in [0, 0.05) is 0 Å². The number of nitrogens with zero attached hydrogens (tertiary/aromatic N) is 1.